The van der Waals surface area contributed by atoms with Crippen molar-refractivity contribution in [1.29, 1.82) is 0 Å². The van der Waals surface area contributed by atoms with E-state index in [-0.39, 0.29) is 6.10 Å². The van der Waals surface area contributed by atoms with Gasteiger partial charge in [0.25, 0.3) is 0 Å². The molecule has 0 atom stereocenters. The summed E-state index contributed by atoms with van der Waals surface area (Å²) < 4.78 is 1.84. The predicted octanol–water partition coefficient (Wildman–Crippen LogP) is 3.01. The lowest BCUT2D eigenvalue weighted by Crippen LogP contribution is -2.36. The summed E-state index contributed by atoms with van der Waals surface area (Å²) in [5, 5.41) is 15.0. The molecule has 0 spiro atoms. The van der Waals surface area contributed by atoms with Crippen molar-refractivity contribution in [3.05, 3.63) is 47.7 Å². The molecule has 0 saturated carbocycles. The Morgan fingerprint density at radius 3 is 2.74 bits per heavy atom. The molecule has 3 aromatic rings. The average Bonchev–Trinajstić information content (AvgIpc) is 3.00. The molecule has 1 fully saturated rings. The van der Waals surface area contributed by atoms with E-state index in [9.17, 15) is 5.11 Å². The highest BCUT2D eigenvalue weighted by molar-refractivity contribution is 6.33. The fourth-order valence-corrected chi connectivity index (χ4v) is 3.26. The van der Waals surface area contributed by atoms with Gasteiger partial charge in [-0.05, 0) is 25.0 Å². The summed E-state index contributed by atoms with van der Waals surface area (Å²) in [4.78, 5) is 6.74. The average molecular weight is 329 g/mol. The maximum absolute atomic E-state index is 9.69. The number of anilines is 1. The van der Waals surface area contributed by atoms with Gasteiger partial charge in [-0.15, -0.1) is 0 Å². The summed E-state index contributed by atoms with van der Waals surface area (Å²) in [6, 6.07) is 9.72. The van der Waals surface area contributed by atoms with Gasteiger partial charge < -0.3 is 10.0 Å². The van der Waals surface area contributed by atoms with Gasteiger partial charge in [-0.3, -0.25) is 0 Å². The summed E-state index contributed by atoms with van der Waals surface area (Å²) in [7, 11) is 0. The largest absolute Gasteiger partial charge is 0.393 e. The molecule has 1 aromatic carbocycles. The molecule has 5 nitrogen and oxygen atoms in total. The van der Waals surface area contributed by atoms with Crippen LogP contribution in [0.1, 0.15) is 12.8 Å². The highest BCUT2D eigenvalue weighted by Crippen LogP contribution is 2.30. The van der Waals surface area contributed by atoms with E-state index in [0.29, 0.717) is 5.02 Å². The molecule has 0 aliphatic carbocycles. The van der Waals surface area contributed by atoms with Crippen LogP contribution in [0.4, 0.5) is 5.82 Å². The fraction of sp³-hybridized carbons (Fsp3) is 0.294. The minimum atomic E-state index is -0.199. The normalized spacial score (nSPS) is 16.2. The second-order valence-corrected chi connectivity index (χ2v) is 6.22. The van der Waals surface area contributed by atoms with Gasteiger partial charge in [-0.1, -0.05) is 29.8 Å². The van der Waals surface area contributed by atoms with Crippen LogP contribution in [0.5, 0.6) is 0 Å². The van der Waals surface area contributed by atoms with Crippen LogP contribution in [0.2, 0.25) is 5.02 Å². The van der Waals surface area contributed by atoms with Gasteiger partial charge in [0, 0.05) is 31.0 Å². The Bertz CT molecular complexity index is 839. The third-order valence-corrected chi connectivity index (χ3v) is 4.61. The van der Waals surface area contributed by atoms with Crippen LogP contribution in [0.3, 0.4) is 0 Å². The number of aromatic nitrogens is 3. The molecule has 0 radical (unpaired) electrons. The summed E-state index contributed by atoms with van der Waals surface area (Å²) >= 11 is 6.29. The van der Waals surface area contributed by atoms with E-state index in [4.69, 9.17) is 11.6 Å². The van der Waals surface area contributed by atoms with Gasteiger partial charge in [0.05, 0.1) is 16.8 Å². The van der Waals surface area contributed by atoms with Crippen molar-refractivity contribution in [3.8, 4) is 11.3 Å². The van der Waals surface area contributed by atoms with Gasteiger partial charge in [-0.2, -0.15) is 5.10 Å². The van der Waals surface area contributed by atoms with Gasteiger partial charge in [0.1, 0.15) is 5.52 Å². The Labute approximate surface area is 139 Å². The van der Waals surface area contributed by atoms with E-state index < -0.39 is 0 Å². The molecular weight excluding hydrogens is 312 g/mol. The van der Waals surface area contributed by atoms with Crippen LogP contribution in [0.15, 0.2) is 42.7 Å². The van der Waals surface area contributed by atoms with Crippen molar-refractivity contribution < 1.29 is 5.11 Å². The maximum atomic E-state index is 9.69. The van der Waals surface area contributed by atoms with Crippen molar-refractivity contribution in [2.24, 2.45) is 0 Å². The molecule has 1 aliphatic rings. The summed E-state index contributed by atoms with van der Waals surface area (Å²) in [5.41, 5.74) is 2.71. The first-order valence-electron chi connectivity index (χ1n) is 7.74. The molecule has 1 saturated heterocycles. The number of nitrogens with zero attached hydrogens (tertiary/aromatic N) is 4. The quantitative estimate of drug-likeness (QED) is 0.785. The molecule has 2 aromatic heterocycles. The number of hydrogen-bond acceptors (Lipinski definition) is 4. The third-order valence-electron chi connectivity index (χ3n) is 4.28. The smallest absolute Gasteiger partial charge is 0.154 e. The summed E-state index contributed by atoms with van der Waals surface area (Å²) in [5.74, 6) is 0.908. The Kier molecular flexibility index (Phi) is 3.67. The number of aliphatic hydroxyl groups excluding tert-OH is 1. The number of fused-ring (bicyclic) bond motifs is 1. The van der Waals surface area contributed by atoms with E-state index in [1.165, 1.54) is 0 Å². The van der Waals surface area contributed by atoms with Crippen molar-refractivity contribution in [2.45, 2.75) is 18.9 Å². The number of rotatable bonds is 2. The third kappa shape index (κ3) is 2.66. The van der Waals surface area contributed by atoms with Gasteiger partial charge in [0.2, 0.25) is 0 Å². The number of aliphatic hydroxyl groups is 1. The van der Waals surface area contributed by atoms with Crippen molar-refractivity contribution in [1.82, 2.24) is 14.6 Å². The van der Waals surface area contributed by atoms with Crippen molar-refractivity contribution in [3.63, 3.8) is 0 Å². The molecule has 0 bridgehead atoms. The minimum absolute atomic E-state index is 0.199. The molecular formula is C17H17ClN4O. The zero-order valence-corrected chi connectivity index (χ0v) is 13.3. The van der Waals surface area contributed by atoms with E-state index in [0.717, 1.165) is 48.5 Å². The maximum Gasteiger partial charge on any atom is 0.154 e. The molecule has 118 valence electrons. The van der Waals surface area contributed by atoms with Crippen LogP contribution in [0.25, 0.3) is 16.8 Å². The summed E-state index contributed by atoms with van der Waals surface area (Å²) in [6.07, 6.45) is 4.95. The van der Waals surface area contributed by atoms with Crippen molar-refractivity contribution >= 4 is 22.9 Å². The minimum Gasteiger partial charge on any atom is -0.393 e. The topological polar surface area (TPSA) is 53.7 Å². The molecule has 0 amide bonds. The van der Waals surface area contributed by atoms with E-state index in [1.54, 1.807) is 6.20 Å². The number of halogens is 1. The molecule has 1 aliphatic heterocycles. The van der Waals surface area contributed by atoms with E-state index in [1.807, 2.05) is 41.0 Å². The predicted molar refractivity (Wildman–Crippen MR) is 90.9 cm³/mol. The lowest BCUT2D eigenvalue weighted by Gasteiger charge is -2.30. The Hall–Kier alpha value is -2.11. The number of hydrogen-bond donors (Lipinski definition) is 1. The zero-order valence-electron chi connectivity index (χ0n) is 12.6. The van der Waals surface area contributed by atoms with Crippen LogP contribution in [-0.2, 0) is 0 Å². The van der Waals surface area contributed by atoms with Gasteiger partial charge >= 0.3 is 0 Å². The highest BCUT2D eigenvalue weighted by Gasteiger charge is 2.21. The van der Waals surface area contributed by atoms with Crippen molar-refractivity contribution in [2.75, 3.05) is 18.0 Å². The molecule has 3 heterocycles. The van der Waals surface area contributed by atoms with Gasteiger partial charge in [-0.25, -0.2) is 9.50 Å². The SMILES string of the molecule is OC1CCN(c2nccn3nc(-c4ccccc4Cl)cc23)CC1. The standard InChI is InChI=1S/C17H17ClN4O/c18-14-4-2-1-3-13(14)15-11-16-17(19-7-10-22(16)20-15)21-8-5-12(23)6-9-21/h1-4,7,10-12,23H,5-6,8-9H2. The molecule has 1 N–H and O–H groups in total. The van der Waals surface area contributed by atoms with Crippen LogP contribution < -0.4 is 4.90 Å². The second kappa shape index (κ2) is 5.83. The van der Waals surface area contributed by atoms with Crippen LogP contribution >= 0.6 is 11.6 Å². The molecule has 4 rings (SSSR count). The Morgan fingerprint density at radius 2 is 1.96 bits per heavy atom. The number of benzene rings is 1. The first kappa shape index (κ1) is 14.5. The Balaban J connectivity index is 1.77. The molecule has 0 unspecified atom stereocenters. The first-order valence-corrected chi connectivity index (χ1v) is 8.12. The molecule has 6 heteroatoms. The molecule has 23 heavy (non-hydrogen) atoms. The second-order valence-electron chi connectivity index (χ2n) is 5.81. The highest BCUT2D eigenvalue weighted by atomic mass is 35.5. The number of piperidine rings is 1. The Morgan fingerprint density at radius 1 is 1.17 bits per heavy atom. The summed E-state index contributed by atoms with van der Waals surface area (Å²) in [6.45, 7) is 1.61. The lowest BCUT2D eigenvalue weighted by molar-refractivity contribution is 0.145. The van der Waals surface area contributed by atoms with Crippen LogP contribution in [-0.4, -0.2) is 38.9 Å². The fourth-order valence-electron chi connectivity index (χ4n) is 3.03. The first-order chi connectivity index (χ1) is 11.2. The van der Waals surface area contributed by atoms with Gasteiger partial charge in [0.15, 0.2) is 5.82 Å². The zero-order chi connectivity index (χ0) is 15.8. The monoisotopic (exact) mass is 328 g/mol. The van der Waals surface area contributed by atoms with Crippen LogP contribution in [0, 0.1) is 0 Å². The van der Waals surface area contributed by atoms with E-state index in [2.05, 4.69) is 15.0 Å². The lowest BCUT2D eigenvalue weighted by atomic mass is 10.1. The van der Waals surface area contributed by atoms with E-state index >= 15 is 0 Å².